The Labute approximate surface area is 119 Å². The molecule has 20 heavy (non-hydrogen) atoms. The maximum atomic E-state index is 12.2. The van der Waals surface area contributed by atoms with Gasteiger partial charge in [-0.3, -0.25) is 0 Å². The molecule has 3 N–H and O–H groups in total. The maximum Gasteiger partial charge on any atom is 0.410 e. The van der Waals surface area contributed by atoms with Crippen LogP contribution in [-0.2, 0) is 4.74 Å². The molecule has 0 spiro atoms. The van der Waals surface area contributed by atoms with Crippen LogP contribution in [0.4, 0.5) is 4.79 Å². The van der Waals surface area contributed by atoms with Crippen LogP contribution in [0.5, 0.6) is 0 Å². The van der Waals surface area contributed by atoms with Crippen LogP contribution >= 0.6 is 0 Å². The third-order valence-electron chi connectivity index (χ3n) is 5.87. The van der Waals surface area contributed by atoms with Crippen LogP contribution in [0, 0.1) is 17.8 Å². The van der Waals surface area contributed by atoms with Crippen molar-refractivity contribution in [2.24, 2.45) is 23.5 Å². The lowest BCUT2D eigenvalue weighted by molar-refractivity contribution is -0.177. The molecule has 112 valence electrons. The van der Waals surface area contributed by atoms with Gasteiger partial charge in [0.15, 0.2) is 0 Å². The zero-order valence-electron chi connectivity index (χ0n) is 11.8. The Kier molecular flexibility index (Phi) is 2.80. The molecule has 4 bridgehead atoms. The van der Waals surface area contributed by atoms with E-state index in [1.54, 1.807) is 4.90 Å². The molecule has 1 heterocycles. The van der Waals surface area contributed by atoms with Crippen LogP contribution in [0.1, 0.15) is 38.5 Å². The number of carbonyl (C=O) groups is 1. The molecule has 1 amide bonds. The van der Waals surface area contributed by atoms with E-state index in [0.717, 1.165) is 38.5 Å². The molecule has 5 aliphatic rings. The maximum absolute atomic E-state index is 12.2. The predicted octanol–water partition coefficient (Wildman–Crippen LogP) is 1.10. The Morgan fingerprint density at radius 3 is 2.50 bits per heavy atom. The van der Waals surface area contributed by atoms with Crippen molar-refractivity contribution in [1.82, 2.24) is 4.90 Å². The Morgan fingerprint density at radius 2 is 1.95 bits per heavy atom. The van der Waals surface area contributed by atoms with Crippen molar-refractivity contribution in [2.45, 2.75) is 56.3 Å². The minimum atomic E-state index is -0.463. The van der Waals surface area contributed by atoms with E-state index >= 15 is 0 Å². The highest BCUT2D eigenvalue weighted by Crippen LogP contribution is 2.56. The standard InChI is InChI=1S/C15H24N2O3/c16-12-1-2-17(8-12)14(18)20-13-10-3-9-4-11(13)7-15(19,5-9)6-10/h9-13,19H,1-8,16H2. The summed E-state index contributed by atoms with van der Waals surface area (Å²) in [6, 6.07) is 0.0989. The summed E-state index contributed by atoms with van der Waals surface area (Å²) in [5.41, 5.74) is 5.38. The molecule has 1 aliphatic heterocycles. The second kappa shape index (κ2) is 4.34. The second-order valence-corrected chi connectivity index (χ2v) is 7.54. The number of amides is 1. The lowest BCUT2D eigenvalue weighted by Crippen LogP contribution is -2.58. The van der Waals surface area contributed by atoms with Gasteiger partial charge in [0.1, 0.15) is 6.10 Å². The van der Waals surface area contributed by atoms with E-state index in [9.17, 15) is 9.90 Å². The number of hydrogen-bond acceptors (Lipinski definition) is 4. The summed E-state index contributed by atoms with van der Waals surface area (Å²) in [6.45, 7) is 1.34. The van der Waals surface area contributed by atoms with Crippen LogP contribution in [0.2, 0.25) is 0 Å². The molecule has 1 saturated heterocycles. The van der Waals surface area contributed by atoms with Crippen LogP contribution in [0.15, 0.2) is 0 Å². The fourth-order valence-electron chi connectivity index (χ4n) is 5.27. The second-order valence-electron chi connectivity index (χ2n) is 7.54. The van der Waals surface area contributed by atoms with E-state index in [2.05, 4.69) is 0 Å². The average molecular weight is 280 g/mol. The van der Waals surface area contributed by atoms with E-state index in [4.69, 9.17) is 10.5 Å². The number of carbonyl (C=O) groups excluding carboxylic acids is 1. The van der Waals surface area contributed by atoms with E-state index < -0.39 is 5.60 Å². The van der Waals surface area contributed by atoms with E-state index in [1.807, 2.05) is 0 Å². The highest BCUT2D eigenvalue weighted by Gasteiger charge is 2.56. The molecular formula is C15H24N2O3. The van der Waals surface area contributed by atoms with Crippen LogP contribution in [0.25, 0.3) is 0 Å². The first-order valence-corrected chi connectivity index (χ1v) is 7.96. The minimum absolute atomic E-state index is 0.0242. The number of hydrogen-bond donors (Lipinski definition) is 2. The molecule has 3 unspecified atom stereocenters. The lowest BCUT2D eigenvalue weighted by atomic mass is 9.53. The summed E-state index contributed by atoms with van der Waals surface area (Å²) in [5, 5.41) is 10.5. The Balaban J connectivity index is 1.44. The van der Waals surface area contributed by atoms with Gasteiger partial charge in [-0.15, -0.1) is 0 Å². The molecule has 5 rings (SSSR count). The number of aliphatic hydroxyl groups is 1. The van der Waals surface area contributed by atoms with Gasteiger partial charge in [0.05, 0.1) is 5.60 Å². The van der Waals surface area contributed by atoms with E-state index in [1.165, 1.54) is 0 Å². The van der Waals surface area contributed by atoms with Gasteiger partial charge in [0.2, 0.25) is 0 Å². The number of ether oxygens (including phenoxy) is 1. The van der Waals surface area contributed by atoms with Gasteiger partial charge in [0, 0.05) is 19.1 Å². The molecule has 5 nitrogen and oxygen atoms in total. The first kappa shape index (κ1) is 12.9. The zero-order valence-corrected chi connectivity index (χ0v) is 11.8. The summed E-state index contributed by atoms with van der Waals surface area (Å²) in [7, 11) is 0. The van der Waals surface area contributed by atoms with Crippen LogP contribution < -0.4 is 5.73 Å². The monoisotopic (exact) mass is 280 g/mol. The summed E-state index contributed by atoms with van der Waals surface area (Å²) in [4.78, 5) is 14.0. The highest BCUT2D eigenvalue weighted by molar-refractivity contribution is 5.68. The van der Waals surface area contributed by atoms with Gasteiger partial charge in [-0.1, -0.05) is 0 Å². The topological polar surface area (TPSA) is 75.8 Å². The molecule has 0 radical (unpaired) electrons. The predicted molar refractivity (Wildman–Crippen MR) is 72.9 cm³/mol. The van der Waals surface area contributed by atoms with Crippen molar-refractivity contribution in [3.05, 3.63) is 0 Å². The molecule has 5 fully saturated rings. The quantitative estimate of drug-likeness (QED) is 0.754. The molecular weight excluding hydrogens is 256 g/mol. The Morgan fingerprint density at radius 1 is 1.25 bits per heavy atom. The summed E-state index contributed by atoms with van der Waals surface area (Å²) < 4.78 is 5.82. The van der Waals surface area contributed by atoms with Gasteiger partial charge in [-0.2, -0.15) is 0 Å². The first-order chi connectivity index (χ1) is 9.52. The first-order valence-electron chi connectivity index (χ1n) is 7.96. The van der Waals surface area contributed by atoms with Crippen molar-refractivity contribution in [3.63, 3.8) is 0 Å². The summed E-state index contributed by atoms with van der Waals surface area (Å²) >= 11 is 0. The van der Waals surface area contributed by atoms with Crippen LogP contribution in [-0.4, -0.2) is 46.9 Å². The van der Waals surface area contributed by atoms with Gasteiger partial charge < -0.3 is 20.5 Å². The third-order valence-corrected chi connectivity index (χ3v) is 5.87. The molecule has 3 atom stereocenters. The van der Waals surface area contributed by atoms with Crippen molar-refractivity contribution < 1.29 is 14.6 Å². The SMILES string of the molecule is NC1CCN(C(=O)OC2C3CC4CC2CC(O)(C4)C3)C1. The van der Waals surface area contributed by atoms with Gasteiger partial charge in [0.25, 0.3) is 0 Å². The lowest BCUT2D eigenvalue weighted by Gasteiger charge is -2.57. The smallest absolute Gasteiger partial charge is 0.410 e. The van der Waals surface area contributed by atoms with Gasteiger partial charge in [-0.05, 0) is 56.3 Å². The Bertz CT molecular complexity index is 411. The number of nitrogens with zero attached hydrogens (tertiary/aromatic N) is 1. The van der Waals surface area contributed by atoms with Crippen molar-refractivity contribution >= 4 is 6.09 Å². The molecule has 0 aromatic rings. The van der Waals surface area contributed by atoms with Crippen molar-refractivity contribution in [3.8, 4) is 0 Å². The average Bonchev–Trinajstić information content (AvgIpc) is 2.78. The largest absolute Gasteiger partial charge is 0.446 e. The molecule has 5 heteroatoms. The van der Waals surface area contributed by atoms with Crippen LogP contribution in [0.3, 0.4) is 0 Å². The Hall–Kier alpha value is -0.810. The fourth-order valence-corrected chi connectivity index (χ4v) is 5.27. The highest BCUT2D eigenvalue weighted by atomic mass is 16.6. The summed E-state index contributed by atoms with van der Waals surface area (Å²) in [5.74, 6) is 1.38. The number of likely N-dealkylation sites (tertiary alicyclic amines) is 1. The molecule has 0 aromatic carbocycles. The molecule has 4 saturated carbocycles. The number of nitrogens with two attached hydrogens (primary N) is 1. The summed E-state index contributed by atoms with van der Waals surface area (Å²) in [6.07, 6.45) is 5.54. The van der Waals surface area contributed by atoms with Gasteiger partial charge in [-0.25, -0.2) is 4.79 Å². The third kappa shape index (κ3) is 2.02. The normalized spacial score (nSPS) is 49.7. The van der Waals surface area contributed by atoms with E-state index in [-0.39, 0.29) is 18.2 Å². The minimum Gasteiger partial charge on any atom is -0.446 e. The fraction of sp³-hybridized carbons (Fsp3) is 0.933. The molecule has 0 aromatic heterocycles. The van der Waals surface area contributed by atoms with Gasteiger partial charge >= 0.3 is 6.09 Å². The van der Waals surface area contributed by atoms with Crippen molar-refractivity contribution in [2.75, 3.05) is 13.1 Å². The van der Waals surface area contributed by atoms with Crippen molar-refractivity contribution in [1.29, 1.82) is 0 Å². The molecule has 4 aliphatic carbocycles. The van der Waals surface area contributed by atoms with E-state index in [0.29, 0.717) is 30.8 Å². The zero-order chi connectivity index (χ0) is 13.9. The number of rotatable bonds is 1.